The Labute approximate surface area is 208 Å². The summed E-state index contributed by atoms with van der Waals surface area (Å²) < 4.78 is 7.15. The van der Waals surface area contributed by atoms with Crippen LogP contribution in [0.5, 0.6) is 0 Å². The number of nitriles is 1. The largest absolute Gasteiger partial charge is 0.476 e. The molecule has 0 fully saturated rings. The van der Waals surface area contributed by atoms with Crippen LogP contribution in [0.3, 0.4) is 0 Å². The Hall–Kier alpha value is -4.62. The predicted molar refractivity (Wildman–Crippen MR) is 132 cm³/mol. The molecule has 3 N–H and O–H groups in total. The van der Waals surface area contributed by atoms with Gasteiger partial charge >= 0.3 is 0 Å². The zero-order chi connectivity index (χ0) is 25.7. The van der Waals surface area contributed by atoms with Gasteiger partial charge in [-0.2, -0.15) is 10.4 Å². The molecule has 0 radical (unpaired) electrons. The Morgan fingerprint density at radius 3 is 2.72 bits per heavy atom. The maximum atomic E-state index is 13.5. The maximum absolute atomic E-state index is 13.5. The second kappa shape index (κ2) is 10.8. The number of dihydropyridines is 1. The molecule has 4 rings (SSSR count). The molecular formula is C26H26N6O4. The minimum atomic E-state index is -0.536. The lowest BCUT2D eigenvalue weighted by atomic mass is 10.0. The SMILES string of the molecule is CCN(C(=O)c1ccn2ncc(-c3ccc(C(=O)NC)cc3)c2c1)C1C=CC(C#N)=C(OCCO)N1. The molecule has 184 valence electrons. The third-order valence-corrected chi connectivity index (χ3v) is 5.82. The fourth-order valence-electron chi connectivity index (χ4n) is 3.97. The Morgan fingerprint density at radius 2 is 2.06 bits per heavy atom. The van der Waals surface area contributed by atoms with Crippen LogP contribution in [-0.4, -0.2) is 64.4 Å². The lowest BCUT2D eigenvalue weighted by Gasteiger charge is -2.32. The summed E-state index contributed by atoms with van der Waals surface area (Å²) in [5.74, 6) is -0.161. The Balaban J connectivity index is 1.61. The number of ether oxygens (including phenoxy) is 1. The number of benzene rings is 1. The first-order chi connectivity index (χ1) is 17.5. The van der Waals surface area contributed by atoms with Crippen LogP contribution < -0.4 is 10.6 Å². The molecule has 1 aliphatic heterocycles. The molecule has 10 heteroatoms. The summed E-state index contributed by atoms with van der Waals surface area (Å²) in [6, 6.07) is 12.7. The summed E-state index contributed by atoms with van der Waals surface area (Å²) in [6.45, 7) is 2.09. The lowest BCUT2D eigenvalue weighted by Crippen LogP contribution is -2.49. The van der Waals surface area contributed by atoms with Crippen LogP contribution in [0, 0.1) is 11.3 Å². The first-order valence-corrected chi connectivity index (χ1v) is 11.4. The molecule has 3 aromatic rings. The molecule has 36 heavy (non-hydrogen) atoms. The van der Waals surface area contributed by atoms with Crippen LogP contribution in [-0.2, 0) is 4.74 Å². The molecule has 1 atom stereocenters. The summed E-state index contributed by atoms with van der Waals surface area (Å²) in [5, 5.41) is 28.5. The van der Waals surface area contributed by atoms with Crippen LogP contribution >= 0.6 is 0 Å². The molecule has 0 bridgehead atoms. The molecule has 0 saturated carbocycles. The van der Waals surface area contributed by atoms with Gasteiger partial charge < -0.3 is 25.4 Å². The van der Waals surface area contributed by atoms with Crippen LogP contribution in [0.15, 0.2) is 72.4 Å². The normalized spacial score (nSPS) is 14.8. The maximum Gasteiger partial charge on any atom is 0.255 e. The van der Waals surface area contributed by atoms with E-state index in [9.17, 15) is 14.9 Å². The van der Waals surface area contributed by atoms with E-state index < -0.39 is 6.17 Å². The summed E-state index contributed by atoms with van der Waals surface area (Å²) in [6.07, 6.45) is 6.24. The highest BCUT2D eigenvalue weighted by Crippen LogP contribution is 2.26. The van der Waals surface area contributed by atoms with Crippen molar-refractivity contribution in [2.45, 2.75) is 13.1 Å². The summed E-state index contributed by atoms with van der Waals surface area (Å²) in [5.41, 5.74) is 3.75. The van der Waals surface area contributed by atoms with E-state index in [1.807, 2.05) is 25.1 Å². The fraction of sp³-hybridized carbons (Fsp3) is 0.231. The highest BCUT2D eigenvalue weighted by atomic mass is 16.5. The molecule has 2 amide bonds. The molecule has 10 nitrogen and oxygen atoms in total. The average molecular weight is 487 g/mol. The van der Waals surface area contributed by atoms with E-state index in [-0.39, 0.29) is 36.5 Å². The number of carbonyl (C=O) groups excluding carboxylic acids is 2. The molecule has 0 aliphatic carbocycles. The van der Waals surface area contributed by atoms with E-state index in [1.54, 1.807) is 65.3 Å². The van der Waals surface area contributed by atoms with Crippen LogP contribution in [0.25, 0.3) is 16.6 Å². The van der Waals surface area contributed by atoms with Crippen molar-refractivity contribution >= 4 is 17.3 Å². The lowest BCUT2D eigenvalue weighted by molar-refractivity contribution is 0.0658. The van der Waals surface area contributed by atoms with Crippen LogP contribution in [0.1, 0.15) is 27.6 Å². The smallest absolute Gasteiger partial charge is 0.255 e. The van der Waals surface area contributed by atoms with Crippen molar-refractivity contribution < 1.29 is 19.4 Å². The molecule has 1 unspecified atom stereocenters. The van der Waals surface area contributed by atoms with Gasteiger partial charge in [-0.3, -0.25) is 9.59 Å². The van der Waals surface area contributed by atoms with Gasteiger partial charge in [0.15, 0.2) is 0 Å². The van der Waals surface area contributed by atoms with Crippen molar-refractivity contribution in [3.05, 3.63) is 83.5 Å². The number of hydrogen-bond acceptors (Lipinski definition) is 7. The Kier molecular flexibility index (Phi) is 7.32. The number of fused-ring (bicyclic) bond motifs is 1. The molecule has 0 saturated heterocycles. The second-order valence-electron chi connectivity index (χ2n) is 7.93. The third-order valence-electron chi connectivity index (χ3n) is 5.82. The van der Waals surface area contributed by atoms with E-state index in [1.165, 1.54) is 0 Å². The van der Waals surface area contributed by atoms with E-state index in [0.29, 0.717) is 17.7 Å². The fourth-order valence-corrected chi connectivity index (χ4v) is 3.97. The number of hydrogen-bond donors (Lipinski definition) is 3. The van der Waals surface area contributed by atoms with Crippen molar-refractivity contribution in [1.82, 2.24) is 25.1 Å². The minimum Gasteiger partial charge on any atom is -0.476 e. The monoisotopic (exact) mass is 486 g/mol. The zero-order valence-corrected chi connectivity index (χ0v) is 19.9. The number of allylic oxidation sites excluding steroid dienone is 2. The highest BCUT2D eigenvalue weighted by molar-refractivity contribution is 5.97. The number of aliphatic hydroxyl groups is 1. The number of pyridine rings is 1. The molecule has 1 aliphatic rings. The van der Waals surface area contributed by atoms with Crippen LogP contribution in [0.4, 0.5) is 0 Å². The van der Waals surface area contributed by atoms with Gasteiger partial charge in [0.1, 0.15) is 24.4 Å². The third kappa shape index (κ3) is 4.78. The summed E-state index contributed by atoms with van der Waals surface area (Å²) >= 11 is 0. The number of amides is 2. The molecular weight excluding hydrogens is 460 g/mol. The van der Waals surface area contributed by atoms with Gasteiger partial charge in [0.05, 0.1) is 18.3 Å². The molecule has 2 aromatic heterocycles. The van der Waals surface area contributed by atoms with Gasteiger partial charge in [-0.15, -0.1) is 0 Å². The van der Waals surface area contributed by atoms with Crippen molar-refractivity contribution in [1.29, 1.82) is 5.26 Å². The highest BCUT2D eigenvalue weighted by Gasteiger charge is 2.26. The second-order valence-corrected chi connectivity index (χ2v) is 7.93. The van der Waals surface area contributed by atoms with E-state index in [4.69, 9.17) is 9.84 Å². The van der Waals surface area contributed by atoms with Gasteiger partial charge in [0.25, 0.3) is 11.8 Å². The molecule has 3 heterocycles. The molecule has 0 spiro atoms. The number of carbonyl (C=O) groups is 2. The minimum absolute atomic E-state index is 0.0267. The van der Waals surface area contributed by atoms with E-state index >= 15 is 0 Å². The quantitative estimate of drug-likeness (QED) is 0.444. The van der Waals surface area contributed by atoms with Crippen molar-refractivity contribution in [3.63, 3.8) is 0 Å². The average Bonchev–Trinajstić information content (AvgIpc) is 3.35. The van der Waals surface area contributed by atoms with Gasteiger partial charge in [0.2, 0.25) is 5.88 Å². The number of aromatic nitrogens is 2. The number of rotatable bonds is 8. The van der Waals surface area contributed by atoms with Gasteiger partial charge in [-0.25, -0.2) is 4.52 Å². The standard InChI is InChI=1S/C26H26N6O4/c1-3-31(23-9-8-20(15-27)25(30-23)36-13-12-33)26(35)19-10-11-32-22(14-19)21(16-29-32)17-4-6-18(7-5-17)24(34)28-2/h4-11,14,16,23,30,33H,3,12-13H2,1-2H3,(H,28,34). The first kappa shape index (κ1) is 24.5. The van der Waals surface area contributed by atoms with Crippen molar-refractivity contribution in [2.75, 3.05) is 26.8 Å². The van der Waals surface area contributed by atoms with E-state index in [2.05, 4.69) is 15.7 Å². The van der Waals surface area contributed by atoms with Gasteiger partial charge in [-0.05, 0) is 48.9 Å². The van der Waals surface area contributed by atoms with Crippen LogP contribution in [0.2, 0.25) is 0 Å². The number of aliphatic hydroxyl groups excluding tert-OH is 1. The molecule has 1 aromatic carbocycles. The summed E-state index contributed by atoms with van der Waals surface area (Å²) in [4.78, 5) is 27.0. The summed E-state index contributed by atoms with van der Waals surface area (Å²) in [7, 11) is 1.58. The number of nitrogens with zero attached hydrogens (tertiary/aromatic N) is 4. The van der Waals surface area contributed by atoms with Crippen molar-refractivity contribution in [3.8, 4) is 17.2 Å². The predicted octanol–water partition coefficient (Wildman–Crippen LogP) is 2.05. The number of nitrogens with one attached hydrogen (secondary N) is 2. The zero-order valence-electron chi connectivity index (χ0n) is 19.9. The first-order valence-electron chi connectivity index (χ1n) is 11.4. The van der Waals surface area contributed by atoms with Gasteiger partial charge in [0, 0.05) is 36.5 Å². The van der Waals surface area contributed by atoms with Gasteiger partial charge in [-0.1, -0.05) is 12.1 Å². The van der Waals surface area contributed by atoms with E-state index in [0.717, 1.165) is 16.6 Å². The Morgan fingerprint density at radius 1 is 1.28 bits per heavy atom. The Bertz CT molecular complexity index is 1380. The topological polar surface area (TPSA) is 132 Å². The van der Waals surface area contributed by atoms with Crippen molar-refractivity contribution in [2.24, 2.45) is 0 Å². The number of likely N-dealkylation sites (N-methyl/N-ethyl adjacent to an activating group) is 1.